The zero-order valence-electron chi connectivity index (χ0n) is 19.8. The number of nitrogens with zero attached hydrogens (tertiary/aromatic N) is 4. The lowest BCUT2D eigenvalue weighted by Crippen LogP contribution is -2.42. The van der Waals surface area contributed by atoms with Crippen LogP contribution in [0.5, 0.6) is 5.75 Å². The average molecular weight is 510 g/mol. The van der Waals surface area contributed by atoms with E-state index in [0.717, 1.165) is 50.8 Å². The van der Waals surface area contributed by atoms with Crippen molar-refractivity contribution >= 4 is 23.0 Å². The van der Waals surface area contributed by atoms with E-state index in [-0.39, 0.29) is 17.8 Å². The Morgan fingerprint density at radius 2 is 2.03 bits per heavy atom. The Labute approximate surface area is 214 Å². The van der Waals surface area contributed by atoms with Gasteiger partial charge in [-0.05, 0) is 42.5 Å². The molecule has 36 heavy (non-hydrogen) atoms. The molecular weight excluding hydrogens is 482 g/mol. The number of nitro groups is 1. The minimum Gasteiger partial charge on any atom is -0.496 e. The average Bonchev–Trinajstić information content (AvgIpc) is 3.52. The van der Waals surface area contributed by atoms with Gasteiger partial charge in [-0.1, -0.05) is 6.07 Å². The topological polar surface area (TPSA) is 106 Å². The molecule has 2 fully saturated rings. The van der Waals surface area contributed by atoms with Gasteiger partial charge in [-0.3, -0.25) is 20.0 Å². The summed E-state index contributed by atoms with van der Waals surface area (Å²) >= 11 is 5.76. The summed E-state index contributed by atoms with van der Waals surface area (Å²) in [5.41, 5.74) is 1.46. The molecule has 1 aromatic carbocycles. The van der Waals surface area contributed by atoms with E-state index in [2.05, 4.69) is 20.1 Å². The third kappa shape index (κ3) is 4.90. The number of benzene rings is 1. The highest BCUT2D eigenvalue weighted by molar-refractivity contribution is 7.80. The smallest absolute Gasteiger partial charge is 0.273 e. The summed E-state index contributed by atoms with van der Waals surface area (Å²) in [6.07, 6.45) is 1.77. The van der Waals surface area contributed by atoms with Crippen molar-refractivity contribution in [2.75, 3.05) is 46.5 Å². The monoisotopic (exact) mass is 509 g/mol. The van der Waals surface area contributed by atoms with Gasteiger partial charge in [-0.2, -0.15) is 0 Å². The van der Waals surface area contributed by atoms with Crippen LogP contribution >= 0.6 is 12.2 Å². The lowest BCUT2D eigenvalue weighted by Gasteiger charge is -2.31. The summed E-state index contributed by atoms with van der Waals surface area (Å²) in [6.45, 7) is 4.83. The number of furan rings is 1. The van der Waals surface area contributed by atoms with Crippen LogP contribution < -0.4 is 10.1 Å². The predicted molar refractivity (Wildman–Crippen MR) is 137 cm³/mol. The quantitative estimate of drug-likeness (QED) is 0.275. The van der Waals surface area contributed by atoms with Crippen LogP contribution in [0.1, 0.15) is 23.5 Å². The zero-order chi connectivity index (χ0) is 25.1. The van der Waals surface area contributed by atoms with E-state index in [0.29, 0.717) is 22.2 Å². The number of nitrogens with one attached hydrogen (secondary N) is 1. The number of thiocarbonyl (C=S) groups is 1. The highest BCUT2D eigenvalue weighted by Gasteiger charge is 2.41. The third-order valence-corrected chi connectivity index (χ3v) is 6.89. The largest absolute Gasteiger partial charge is 0.496 e. The third-order valence-electron chi connectivity index (χ3n) is 6.54. The van der Waals surface area contributed by atoms with Crippen LogP contribution in [0, 0.1) is 10.1 Å². The zero-order valence-corrected chi connectivity index (χ0v) is 20.6. The van der Waals surface area contributed by atoms with E-state index in [1.807, 2.05) is 30.3 Å². The number of ether oxygens (including phenoxy) is 2. The molecule has 0 radical (unpaired) electrons. The van der Waals surface area contributed by atoms with Crippen LogP contribution in [0.25, 0.3) is 11.3 Å². The molecule has 0 spiro atoms. The van der Waals surface area contributed by atoms with Crippen LogP contribution in [0.15, 0.2) is 59.1 Å². The van der Waals surface area contributed by atoms with Crippen molar-refractivity contribution in [2.24, 2.45) is 0 Å². The predicted octanol–water partition coefficient (Wildman–Crippen LogP) is 3.56. The van der Waals surface area contributed by atoms with E-state index in [1.54, 1.807) is 12.3 Å². The van der Waals surface area contributed by atoms with Gasteiger partial charge >= 0.3 is 0 Å². The second-order valence-corrected chi connectivity index (χ2v) is 9.00. The summed E-state index contributed by atoms with van der Waals surface area (Å²) in [6, 6.07) is 13.7. The molecule has 11 heteroatoms. The SMILES string of the molecule is COc1cc([N+](=O)[O-])ccc1-c1ccc([C@H]2[C@@H](c3ccccn3)NC(=S)N2CCN2CCOCC2)o1. The van der Waals surface area contributed by atoms with E-state index >= 15 is 0 Å². The maximum atomic E-state index is 11.2. The van der Waals surface area contributed by atoms with Crippen LogP contribution in [0.3, 0.4) is 0 Å². The molecule has 0 bridgehead atoms. The Bertz CT molecular complexity index is 1230. The molecule has 188 valence electrons. The Kier molecular flexibility index (Phi) is 7.12. The Balaban J connectivity index is 1.46. The molecule has 1 N–H and O–H groups in total. The van der Waals surface area contributed by atoms with Crippen LogP contribution in [0.4, 0.5) is 5.69 Å². The van der Waals surface area contributed by atoms with Gasteiger partial charge in [0.2, 0.25) is 0 Å². The van der Waals surface area contributed by atoms with Crippen molar-refractivity contribution < 1.29 is 18.8 Å². The number of morpholine rings is 1. The normalized spacial score (nSPS) is 20.4. The molecule has 3 aromatic rings. The van der Waals surface area contributed by atoms with Crippen LogP contribution in [-0.4, -0.2) is 71.3 Å². The maximum absolute atomic E-state index is 11.2. The number of methoxy groups -OCH3 is 1. The summed E-state index contributed by atoms with van der Waals surface area (Å²) in [5.74, 6) is 1.65. The van der Waals surface area contributed by atoms with Gasteiger partial charge in [-0.15, -0.1) is 0 Å². The molecule has 0 amide bonds. The van der Waals surface area contributed by atoms with Crippen molar-refractivity contribution in [1.29, 1.82) is 0 Å². The first kappa shape index (κ1) is 24.2. The summed E-state index contributed by atoms with van der Waals surface area (Å²) in [7, 11) is 1.48. The second-order valence-electron chi connectivity index (χ2n) is 8.62. The molecule has 2 atom stereocenters. The Hall–Kier alpha value is -3.54. The maximum Gasteiger partial charge on any atom is 0.273 e. The second kappa shape index (κ2) is 10.6. The molecule has 5 rings (SSSR count). The van der Waals surface area contributed by atoms with Crippen molar-refractivity contribution in [1.82, 2.24) is 20.1 Å². The lowest BCUT2D eigenvalue weighted by atomic mass is 10.0. The summed E-state index contributed by atoms with van der Waals surface area (Å²) in [5, 5.41) is 15.3. The lowest BCUT2D eigenvalue weighted by molar-refractivity contribution is -0.384. The number of hydrogen-bond donors (Lipinski definition) is 1. The highest BCUT2D eigenvalue weighted by Crippen LogP contribution is 2.42. The van der Waals surface area contributed by atoms with Gasteiger partial charge < -0.3 is 24.1 Å². The minimum atomic E-state index is -0.450. The standard InChI is InChI=1S/C25H27N5O5S/c1-33-22-16-17(30(31)32)5-6-18(22)20-7-8-21(35-20)24-23(19-4-2-3-9-26-19)27-25(36)29(24)11-10-28-12-14-34-15-13-28/h2-9,16,23-24H,10-15H2,1H3,(H,27,36)/t23-,24+/m1/s1. The fourth-order valence-electron chi connectivity index (χ4n) is 4.68. The number of nitro benzene ring substituents is 1. The number of non-ortho nitro benzene ring substituents is 1. The van der Waals surface area contributed by atoms with Crippen molar-refractivity contribution in [3.63, 3.8) is 0 Å². The van der Waals surface area contributed by atoms with Crippen LogP contribution in [-0.2, 0) is 4.74 Å². The van der Waals surface area contributed by atoms with Gasteiger partial charge in [0.15, 0.2) is 5.11 Å². The highest BCUT2D eigenvalue weighted by atomic mass is 32.1. The van der Waals surface area contributed by atoms with Crippen molar-refractivity contribution in [3.8, 4) is 17.1 Å². The molecule has 0 unspecified atom stereocenters. The summed E-state index contributed by atoms with van der Waals surface area (Å²) < 4.78 is 17.3. The summed E-state index contributed by atoms with van der Waals surface area (Å²) in [4.78, 5) is 19.8. The molecular formula is C25H27N5O5S. The number of pyridine rings is 1. The molecule has 10 nitrogen and oxygen atoms in total. The van der Waals surface area contributed by atoms with Gasteiger partial charge in [0.25, 0.3) is 5.69 Å². The fraction of sp³-hybridized carbons (Fsp3) is 0.360. The first-order chi connectivity index (χ1) is 17.5. The van der Waals surface area contributed by atoms with Crippen LogP contribution in [0.2, 0.25) is 0 Å². The first-order valence-corrected chi connectivity index (χ1v) is 12.2. The van der Waals surface area contributed by atoms with E-state index < -0.39 is 4.92 Å². The number of hydrogen-bond acceptors (Lipinski definition) is 8. The molecule has 0 aliphatic carbocycles. The molecule has 2 aliphatic rings. The molecule has 4 heterocycles. The van der Waals surface area contributed by atoms with Crippen molar-refractivity contribution in [3.05, 3.63) is 76.3 Å². The van der Waals surface area contributed by atoms with Gasteiger partial charge in [0, 0.05) is 38.4 Å². The van der Waals surface area contributed by atoms with Crippen molar-refractivity contribution in [2.45, 2.75) is 12.1 Å². The number of rotatable bonds is 8. The Morgan fingerprint density at radius 1 is 1.19 bits per heavy atom. The first-order valence-electron chi connectivity index (χ1n) is 11.8. The molecule has 2 aromatic heterocycles. The fourth-order valence-corrected chi connectivity index (χ4v) is 5.01. The van der Waals surface area contributed by atoms with Gasteiger partial charge in [-0.25, -0.2) is 0 Å². The molecule has 2 aliphatic heterocycles. The molecule has 2 saturated heterocycles. The van der Waals surface area contributed by atoms with Gasteiger partial charge in [0.05, 0.1) is 48.6 Å². The van der Waals surface area contributed by atoms with Gasteiger partial charge in [0.1, 0.15) is 23.3 Å². The minimum absolute atomic E-state index is 0.0442. The number of aromatic nitrogens is 1. The Morgan fingerprint density at radius 3 is 2.75 bits per heavy atom. The van der Waals surface area contributed by atoms with E-state index in [9.17, 15) is 10.1 Å². The molecule has 0 saturated carbocycles. The van der Waals surface area contributed by atoms with E-state index in [4.69, 9.17) is 26.1 Å². The van der Waals surface area contributed by atoms with E-state index in [1.165, 1.54) is 19.2 Å².